The third-order valence-corrected chi connectivity index (χ3v) is 5.21. The SMILES string of the molecule is CCc1ccc(C2=NN(c3ccc([N+](=O)[O-])cc3)C(c3ccc(O)cc3)C2)cc1. The van der Waals surface area contributed by atoms with Crippen LogP contribution in [0.3, 0.4) is 0 Å². The largest absolute Gasteiger partial charge is 0.508 e. The van der Waals surface area contributed by atoms with E-state index in [1.165, 1.54) is 17.7 Å². The molecule has 0 saturated carbocycles. The molecule has 6 nitrogen and oxygen atoms in total. The number of nitro groups is 1. The Bertz CT molecular complexity index is 1040. The molecular weight excluding hydrogens is 366 g/mol. The first kappa shape index (κ1) is 18.7. The van der Waals surface area contributed by atoms with E-state index >= 15 is 0 Å². The smallest absolute Gasteiger partial charge is 0.269 e. The molecule has 1 heterocycles. The minimum absolute atomic E-state index is 0.0495. The second kappa shape index (κ2) is 7.75. The van der Waals surface area contributed by atoms with E-state index in [0.717, 1.165) is 28.9 Å². The summed E-state index contributed by atoms with van der Waals surface area (Å²) in [6, 6.07) is 21.9. The normalized spacial score (nSPS) is 16.0. The first-order valence-electron chi connectivity index (χ1n) is 9.54. The van der Waals surface area contributed by atoms with E-state index in [0.29, 0.717) is 6.42 Å². The van der Waals surface area contributed by atoms with Crippen molar-refractivity contribution in [1.82, 2.24) is 0 Å². The number of hydrogen-bond acceptors (Lipinski definition) is 5. The molecule has 29 heavy (non-hydrogen) atoms. The van der Waals surface area contributed by atoms with Gasteiger partial charge in [-0.25, -0.2) is 0 Å². The van der Waals surface area contributed by atoms with Crippen LogP contribution in [0.2, 0.25) is 0 Å². The van der Waals surface area contributed by atoms with Crippen LogP contribution in [0.1, 0.15) is 36.1 Å². The molecule has 3 aromatic rings. The van der Waals surface area contributed by atoms with E-state index in [4.69, 9.17) is 5.10 Å². The summed E-state index contributed by atoms with van der Waals surface area (Å²) in [6.07, 6.45) is 1.69. The zero-order valence-corrected chi connectivity index (χ0v) is 16.0. The number of benzene rings is 3. The molecule has 0 bridgehead atoms. The maximum atomic E-state index is 11.0. The monoisotopic (exact) mass is 387 g/mol. The van der Waals surface area contributed by atoms with Crippen LogP contribution in [0.4, 0.5) is 11.4 Å². The lowest BCUT2D eigenvalue weighted by atomic mass is 9.97. The molecule has 0 radical (unpaired) electrons. The van der Waals surface area contributed by atoms with Crippen molar-refractivity contribution in [2.24, 2.45) is 5.10 Å². The van der Waals surface area contributed by atoms with Crippen LogP contribution < -0.4 is 5.01 Å². The van der Waals surface area contributed by atoms with Crippen molar-refractivity contribution in [3.05, 3.63) is 99.6 Å². The van der Waals surface area contributed by atoms with Gasteiger partial charge in [0.2, 0.25) is 0 Å². The van der Waals surface area contributed by atoms with E-state index in [9.17, 15) is 15.2 Å². The molecule has 0 spiro atoms. The Kier molecular flexibility index (Phi) is 4.99. The molecule has 0 aromatic heterocycles. The quantitative estimate of drug-likeness (QED) is 0.481. The summed E-state index contributed by atoms with van der Waals surface area (Å²) in [6.45, 7) is 2.12. The number of hydrazone groups is 1. The van der Waals surface area contributed by atoms with Crippen LogP contribution in [-0.4, -0.2) is 15.7 Å². The lowest BCUT2D eigenvalue weighted by Crippen LogP contribution is -2.18. The average Bonchev–Trinajstić information content (AvgIpc) is 3.20. The minimum Gasteiger partial charge on any atom is -0.508 e. The van der Waals surface area contributed by atoms with Gasteiger partial charge < -0.3 is 5.11 Å². The summed E-state index contributed by atoms with van der Waals surface area (Å²) >= 11 is 0. The summed E-state index contributed by atoms with van der Waals surface area (Å²) < 4.78 is 0. The molecule has 1 unspecified atom stereocenters. The Morgan fingerprint density at radius 2 is 1.69 bits per heavy atom. The predicted octanol–water partition coefficient (Wildman–Crippen LogP) is 5.22. The Morgan fingerprint density at radius 3 is 2.28 bits per heavy atom. The first-order valence-corrected chi connectivity index (χ1v) is 9.54. The molecule has 6 heteroatoms. The predicted molar refractivity (Wildman–Crippen MR) is 113 cm³/mol. The summed E-state index contributed by atoms with van der Waals surface area (Å²) in [4.78, 5) is 10.6. The highest BCUT2D eigenvalue weighted by atomic mass is 16.6. The van der Waals surface area contributed by atoms with Gasteiger partial charge in [0.1, 0.15) is 5.75 Å². The van der Waals surface area contributed by atoms with Crippen LogP contribution in [0.15, 0.2) is 77.9 Å². The summed E-state index contributed by atoms with van der Waals surface area (Å²) in [5.74, 6) is 0.213. The van der Waals surface area contributed by atoms with Gasteiger partial charge in [-0.1, -0.05) is 43.3 Å². The Morgan fingerprint density at radius 1 is 1.03 bits per heavy atom. The number of rotatable bonds is 5. The molecular formula is C23H21N3O3. The molecule has 1 N–H and O–H groups in total. The van der Waals surface area contributed by atoms with E-state index in [-0.39, 0.29) is 17.5 Å². The van der Waals surface area contributed by atoms with Gasteiger partial charge in [-0.3, -0.25) is 15.1 Å². The molecule has 1 aliphatic rings. The minimum atomic E-state index is -0.408. The van der Waals surface area contributed by atoms with E-state index in [1.807, 2.05) is 17.1 Å². The maximum Gasteiger partial charge on any atom is 0.269 e. The standard InChI is InChI=1S/C23H21N3O3/c1-2-16-3-5-17(6-4-16)22-15-23(18-7-13-21(27)14-8-18)25(24-22)19-9-11-20(12-10-19)26(28)29/h3-14,23,27H,2,15H2,1H3. The molecule has 0 fully saturated rings. The van der Waals surface area contributed by atoms with E-state index in [1.54, 1.807) is 24.3 Å². The van der Waals surface area contributed by atoms with Gasteiger partial charge >= 0.3 is 0 Å². The van der Waals surface area contributed by atoms with Crippen molar-refractivity contribution in [2.45, 2.75) is 25.8 Å². The molecule has 0 saturated heterocycles. The van der Waals surface area contributed by atoms with Gasteiger partial charge in [-0.15, -0.1) is 0 Å². The molecule has 1 aliphatic heterocycles. The Hall–Kier alpha value is -3.67. The summed E-state index contributed by atoms with van der Waals surface area (Å²) in [5, 5.41) is 27.4. The first-order chi connectivity index (χ1) is 14.0. The van der Waals surface area contributed by atoms with E-state index in [2.05, 4.69) is 31.2 Å². The average molecular weight is 387 g/mol. The van der Waals surface area contributed by atoms with Gasteiger partial charge in [0.15, 0.2) is 0 Å². The lowest BCUT2D eigenvalue weighted by molar-refractivity contribution is -0.384. The van der Waals surface area contributed by atoms with Crippen LogP contribution in [-0.2, 0) is 6.42 Å². The van der Waals surface area contributed by atoms with Crippen molar-refractivity contribution in [3.63, 3.8) is 0 Å². The number of aryl methyl sites for hydroxylation is 1. The van der Waals surface area contributed by atoms with Crippen LogP contribution in [0.5, 0.6) is 5.75 Å². The van der Waals surface area contributed by atoms with Crippen molar-refractivity contribution in [2.75, 3.05) is 5.01 Å². The Labute approximate surface area is 168 Å². The molecule has 1 atom stereocenters. The number of phenols is 1. The number of nitro benzene ring substituents is 1. The highest BCUT2D eigenvalue weighted by Gasteiger charge is 2.30. The zero-order valence-electron chi connectivity index (χ0n) is 16.0. The highest BCUT2D eigenvalue weighted by Crippen LogP contribution is 2.37. The van der Waals surface area contributed by atoms with Gasteiger partial charge in [-0.2, -0.15) is 5.10 Å². The van der Waals surface area contributed by atoms with Gasteiger partial charge in [0, 0.05) is 18.6 Å². The fourth-order valence-electron chi connectivity index (χ4n) is 3.54. The van der Waals surface area contributed by atoms with Crippen molar-refractivity contribution in [1.29, 1.82) is 0 Å². The third kappa shape index (κ3) is 3.82. The number of anilines is 1. The second-order valence-electron chi connectivity index (χ2n) is 7.03. The van der Waals surface area contributed by atoms with Crippen LogP contribution >= 0.6 is 0 Å². The fraction of sp³-hybridized carbons (Fsp3) is 0.174. The molecule has 0 aliphatic carbocycles. The van der Waals surface area contributed by atoms with Crippen molar-refractivity contribution >= 4 is 17.1 Å². The number of phenolic OH excluding ortho intramolecular Hbond substituents is 1. The number of nitrogens with zero attached hydrogens (tertiary/aromatic N) is 3. The van der Waals surface area contributed by atoms with Crippen LogP contribution in [0, 0.1) is 10.1 Å². The third-order valence-electron chi connectivity index (χ3n) is 5.21. The highest BCUT2D eigenvalue weighted by molar-refractivity contribution is 6.03. The topological polar surface area (TPSA) is 79.0 Å². The van der Waals surface area contributed by atoms with Gasteiger partial charge in [0.05, 0.1) is 22.4 Å². The second-order valence-corrected chi connectivity index (χ2v) is 7.03. The fourth-order valence-corrected chi connectivity index (χ4v) is 3.54. The lowest BCUT2D eigenvalue weighted by Gasteiger charge is -2.24. The van der Waals surface area contributed by atoms with Crippen molar-refractivity contribution in [3.8, 4) is 5.75 Å². The van der Waals surface area contributed by atoms with E-state index < -0.39 is 4.92 Å². The number of hydrogen-bond donors (Lipinski definition) is 1. The molecule has 0 amide bonds. The van der Waals surface area contributed by atoms with Gasteiger partial charge in [0.25, 0.3) is 5.69 Å². The van der Waals surface area contributed by atoms with Crippen LogP contribution in [0.25, 0.3) is 0 Å². The Balaban J connectivity index is 1.71. The molecule has 3 aromatic carbocycles. The summed E-state index contributed by atoms with van der Waals surface area (Å²) in [5.41, 5.74) is 5.15. The zero-order chi connectivity index (χ0) is 20.4. The molecule has 146 valence electrons. The van der Waals surface area contributed by atoms with Gasteiger partial charge in [-0.05, 0) is 47.4 Å². The number of non-ortho nitro benzene ring substituents is 1. The maximum absolute atomic E-state index is 11.0. The summed E-state index contributed by atoms with van der Waals surface area (Å²) in [7, 11) is 0. The number of aromatic hydroxyl groups is 1. The molecule has 4 rings (SSSR count). The van der Waals surface area contributed by atoms with Crippen molar-refractivity contribution < 1.29 is 10.0 Å².